The Labute approximate surface area is 397 Å². The van der Waals surface area contributed by atoms with Gasteiger partial charge in [-0.25, -0.2) is 0 Å². The van der Waals surface area contributed by atoms with Crippen molar-refractivity contribution in [3.05, 3.63) is 0 Å². The number of unbranched alkanes of at least 4 members (excludes halogenated alkanes) is 16. The summed E-state index contributed by atoms with van der Waals surface area (Å²) in [5.74, 6) is 0.505. The average Bonchev–Trinajstić information content (AvgIpc) is 3.59. The molecule has 0 aromatic carbocycles. The Kier molecular flexibility index (Phi) is 43.2. The molecule has 64 heavy (non-hydrogen) atoms. The molecule has 0 heterocycles. The molecule has 0 bridgehead atoms. The summed E-state index contributed by atoms with van der Waals surface area (Å²) >= 11 is 0. The normalized spacial score (nSPS) is 15.1. The van der Waals surface area contributed by atoms with E-state index in [1.165, 1.54) is 167 Å². The van der Waals surface area contributed by atoms with Gasteiger partial charge in [0.2, 0.25) is 0 Å². The van der Waals surface area contributed by atoms with Gasteiger partial charge in [-0.2, -0.15) is 0 Å². The van der Waals surface area contributed by atoms with Gasteiger partial charge in [0, 0.05) is 32.2 Å². The van der Waals surface area contributed by atoms with Gasteiger partial charge in [0.1, 0.15) is 0 Å². The number of nitrogens with zero attached hydrogens (tertiary/aromatic N) is 2. The summed E-state index contributed by atoms with van der Waals surface area (Å²) in [5.41, 5.74) is 0. The second-order valence-corrected chi connectivity index (χ2v) is 19.7. The Morgan fingerprint density at radius 2 is 0.969 bits per heavy atom. The number of hydrogen-bond donors (Lipinski definition) is 1. The molecule has 9 heteroatoms. The fourth-order valence-corrected chi connectivity index (χ4v) is 9.56. The molecule has 1 aliphatic rings. The molecule has 3 unspecified atom stereocenters. The molecule has 9 nitrogen and oxygen atoms in total. The average molecular weight is 909 g/mol. The van der Waals surface area contributed by atoms with Crippen LogP contribution in [0.5, 0.6) is 0 Å². The Bertz CT molecular complexity index is 1010. The van der Waals surface area contributed by atoms with E-state index in [1.807, 2.05) is 0 Å². The van der Waals surface area contributed by atoms with Crippen molar-refractivity contribution in [3.8, 4) is 0 Å². The lowest BCUT2D eigenvalue weighted by molar-refractivity contribution is -0.149. The smallest absolute Gasteiger partial charge is 0.308 e. The van der Waals surface area contributed by atoms with Crippen LogP contribution in [0.4, 0.5) is 0 Å². The van der Waals surface area contributed by atoms with Crippen molar-refractivity contribution in [1.29, 1.82) is 0 Å². The predicted molar refractivity (Wildman–Crippen MR) is 269 cm³/mol. The minimum Gasteiger partial charge on any atom is -0.465 e. The molecule has 1 fully saturated rings. The summed E-state index contributed by atoms with van der Waals surface area (Å²) in [6.45, 7) is 17.5. The molecule has 380 valence electrons. The maximum absolute atomic E-state index is 13.1. The van der Waals surface area contributed by atoms with Crippen molar-refractivity contribution < 1.29 is 33.6 Å². The fraction of sp³-hybridized carbons (Fsp3) is 0.964. The van der Waals surface area contributed by atoms with Crippen LogP contribution in [0, 0.1) is 11.8 Å². The van der Waals surface area contributed by atoms with Crippen LogP contribution in [0.1, 0.15) is 247 Å². The number of rotatable bonds is 47. The third kappa shape index (κ3) is 35.9. The predicted octanol–water partition coefficient (Wildman–Crippen LogP) is 13.7. The van der Waals surface area contributed by atoms with Crippen LogP contribution in [-0.4, -0.2) is 111 Å². The van der Waals surface area contributed by atoms with E-state index in [4.69, 9.17) is 18.9 Å². The van der Waals surface area contributed by atoms with Gasteiger partial charge in [-0.3, -0.25) is 19.4 Å². The van der Waals surface area contributed by atoms with E-state index in [9.17, 15) is 14.7 Å². The Morgan fingerprint density at radius 3 is 1.47 bits per heavy atom. The maximum Gasteiger partial charge on any atom is 0.308 e. The summed E-state index contributed by atoms with van der Waals surface area (Å²) in [6, 6.07) is 0.535. The van der Waals surface area contributed by atoms with Crippen molar-refractivity contribution >= 4 is 11.9 Å². The van der Waals surface area contributed by atoms with Gasteiger partial charge in [-0.05, 0) is 63.3 Å². The summed E-state index contributed by atoms with van der Waals surface area (Å²) < 4.78 is 24.4. The molecule has 1 rings (SSSR count). The second-order valence-electron chi connectivity index (χ2n) is 19.7. The van der Waals surface area contributed by atoms with E-state index in [1.54, 1.807) is 0 Å². The summed E-state index contributed by atoms with van der Waals surface area (Å²) in [7, 11) is 0. The van der Waals surface area contributed by atoms with Gasteiger partial charge < -0.3 is 24.1 Å². The van der Waals surface area contributed by atoms with Crippen LogP contribution in [0.25, 0.3) is 0 Å². The first-order chi connectivity index (χ1) is 31.4. The summed E-state index contributed by atoms with van der Waals surface area (Å²) in [6.07, 6.45) is 38.8. The quantitative estimate of drug-likeness (QED) is 0.0364. The number of ether oxygens (including phenoxy) is 4. The zero-order valence-electron chi connectivity index (χ0n) is 43.2. The fourth-order valence-electron chi connectivity index (χ4n) is 9.56. The number of hydrogen-bond acceptors (Lipinski definition) is 9. The topological polar surface area (TPSA) is 97.8 Å². The third-order valence-electron chi connectivity index (χ3n) is 13.7. The van der Waals surface area contributed by atoms with E-state index >= 15 is 0 Å². The number of aliphatic hydroxyl groups is 1. The third-order valence-corrected chi connectivity index (χ3v) is 13.7. The van der Waals surface area contributed by atoms with Crippen LogP contribution in [0.15, 0.2) is 0 Å². The Balaban J connectivity index is 2.81. The number of carbonyl (C=O) groups is 2. The largest absolute Gasteiger partial charge is 0.465 e. The van der Waals surface area contributed by atoms with Crippen LogP contribution >= 0.6 is 0 Å². The minimum atomic E-state index is -0.247. The molecule has 1 N–H and O–H groups in total. The molecule has 0 spiro atoms. The van der Waals surface area contributed by atoms with E-state index in [0.717, 1.165) is 51.7 Å². The first-order valence-corrected chi connectivity index (χ1v) is 28.0. The Hall–Kier alpha value is -1.26. The molecule has 0 radical (unpaired) electrons. The van der Waals surface area contributed by atoms with Crippen LogP contribution < -0.4 is 0 Å². The first kappa shape index (κ1) is 60.8. The standard InChI is InChI=1S/C55H108N2O7/c1-6-11-15-18-20-22-28-33-50(31-25-14-9-4)47-63-54(59)37-44-61-49-53(46-56(39-10-5)40-41-57(42-43-58)52-35-29-23-24-30-36-52)62-45-38-55(60)64-48-51(32-26-17-13-8-3)34-27-21-19-16-12-7-2/h50-53,58H,6-49H2,1-5H3. The highest BCUT2D eigenvalue weighted by Crippen LogP contribution is 2.23. The van der Waals surface area contributed by atoms with Crippen molar-refractivity contribution in [3.63, 3.8) is 0 Å². The maximum atomic E-state index is 13.1. The molecule has 0 aromatic heterocycles. The SMILES string of the molecule is CCCCCCCCCC(CCCCC)COC(=O)CCOCC(CN(CCC)CCN(CCO)C1CCCCCC1)OCCC(=O)OCC(CCCCCC)CCCCCCCC. The molecular weight excluding hydrogens is 801 g/mol. The molecule has 0 aliphatic heterocycles. The van der Waals surface area contributed by atoms with Crippen molar-refractivity contribution in [1.82, 2.24) is 9.80 Å². The van der Waals surface area contributed by atoms with E-state index < -0.39 is 0 Å². The highest BCUT2D eigenvalue weighted by molar-refractivity contribution is 5.69. The van der Waals surface area contributed by atoms with Crippen LogP contribution in [0.2, 0.25) is 0 Å². The zero-order chi connectivity index (χ0) is 46.6. The van der Waals surface area contributed by atoms with Gasteiger partial charge >= 0.3 is 11.9 Å². The van der Waals surface area contributed by atoms with E-state index in [0.29, 0.717) is 50.8 Å². The molecule has 1 aliphatic carbocycles. The number of esters is 2. The number of aliphatic hydroxyl groups excluding tert-OH is 1. The van der Waals surface area contributed by atoms with Crippen LogP contribution in [0.3, 0.4) is 0 Å². The van der Waals surface area contributed by atoms with Crippen molar-refractivity contribution in [2.45, 2.75) is 259 Å². The summed E-state index contributed by atoms with van der Waals surface area (Å²) in [5, 5.41) is 9.97. The molecule has 0 aromatic rings. The Morgan fingerprint density at radius 1 is 0.516 bits per heavy atom. The van der Waals surface area contributed by atoms with Crippen molar-refractivity contribution in [2.75, 3.05) is 72.4 Å². The first-order valence-electron chi connectivity index (χ1n) is 28.0. The van der Waals surface area contributed by atoms with Gasteiger partial charge in [-0.15, -0.1) is 0 Å². The van der Waals surface area contributed by atoms with Gasteiger partial charge in [0.05, 0.1) is 58.6 Å². The lowest BCUT2D eigenvalue weighted by Crippen LogP contribution is -2.45. The molecule has 0 saturated heterocycles. The lowest BCUT2D eigenvalue weighted by Gasteiger charge is -2.34. The zero-order valence-corrected chi connectivity index (χ0v) is 43.2. The van der Waals surface area contributed by atoms with Crippen molar-refractivity contribution in [2.24, 2.45) is 11.8 Å². The highest BCUT2D eigenvalue weighted by Gasteiger charge is 2.23. The second kappa shape index (κ2) is 45.5. The monoisotopic (exact) mass is 909 g/mol. The van der Waals surface area contributed by atoms with E-state index in [-0.39, 0.29) is 50.7 Å². The highest BCUT2D eigenvalue weighted by atomic mass is 16.6. The number of carbonyl (C=O) groups excluding carboxylic acids is 2. The van der Waals surface area contributed by atoms with Crippen LogP contribution in [-0.2, 0) is 28.5 Å². The van der Waals surface area contributed by atoms with Gasteiger partial charge in [-0.1, -0.05) is 189 Å². The minimum absolute atomic E-state index is 0.180. The molecule has 0 amide bonds. The molecular formula is C55H108N2O7. The summed E-state index contributed by atoms with van der Waals surface area (Å²) in [4.78, 5) is 31.0. The molecule has 3 atom stereocenters. The van der Waals surface area contributed by atoms with Gasteiger partial charge in [0.25, 0.3) is 0 Å². The molecule has 1 saturated carbocycles. The van der Waals surface area contributed by atoms with E-state index in [2.05, 4.69) is 44.4 Å². The van der Waals surface area contributed by atoms with Gasteiger partial charge in [0.15, 0.2) is 0 Å². The lowest BCUT2D eigenvalue weighted by atomic mass is 9.95.